The third-order valence-electron chi connectivity index (χ3n) is 0.577. The van der Waals surface area contributed by atoms with Crippen molar-refractivity contribution in [3.8, 4) is 0 Å². The fourth-order valence-corrected chi connectivity index (χ4v) is 0.294. The van der Waals surface area contributed by atoms with Crippen LogP contribution in [-0.4, -0.2) is 4.98 Å². The van der Waals surface area contributed by atoms with Gasteiger partial charge in [-0.05, 0) is 12.1 Å². The lowest BCUT2D eigenvalue weighted by Crippen LogP contribution is -1.57. The molecule has 1 heterocycles. The van der Waals surface area contributed by atoms with E-state index in [2.05, 4.69) is 14.1 Å². The van der Waals surface area contributed by atoms with Crippen molar-refractivity contribution in [1.29, 1.82) is 0 Å². The van der Waals surface area contributed by atoms with E-state index in [1.165, 1.54) is 12.7 Å². The lowest BCUT2D eigenvalue weighted by atomic mass is 10.6. The Morgan fingerprint density at radius 3 is 3.12 bits per heavy atom. The first-order valence-corrected chi connectivity index (χ1v) is 2.15. The third-order valence-corrected chi connectivity index (χ3v) is 0.577. The van der Waals surface area contributed by atoms with Crippen LogP contribution in [0, 0.1) is 0 Å². The van der Waals surface area contributed by atoms with Crippen LogP contribution < -0.4 is 0 Å². The summed E-state index contributed by atoms with van der Waals surface area (Å²) in [7, 11) is 0. The van der Waals surface area contributed by atoms with E-state index in [1.54, 1.807) is 18.3 Å². The number of rotatable bonds is 0. The highest BCUT2D eigenvalue weighted by molar-refractivity contribution is 4.76. The average molecular weight is 111 g/mol. The first-order chi connectivity index (χ1) is 4.00. The van der Waals surface area contributed by atoms with E-state index in [1.807, 2.05) is 0 Å². The first kappa shape index (κ1) is 4.90. The molecule has 0 aliphatic rings. The van der Waals surface area contributed by atoms with Gasteiger partial charge in [0, 0.05) is 6.20 Å². The van der Waals surface area contributed by atoms with Crippen molar-refractivity contribution in [3.05, 3.63) is 31.0 Å². The van der Waals surface area contributed by atoms with Gasteiger partial charge in [0.1, 0.15) is 6.26 Å². The van der Waals surface area contributed by atoms with Crippen molar-refractivity contribution in [3.63, 3.8) is 0 Å². The molecule has 0 N–H and O–H groups in total. The van der Waals surface area contributed by atoms with Crippen molar-refractivity contribution in [2.75, 3.05) is 0 Å². The summed E-state index contributed by atoms with van der Waals surface area (Å²) < 4.78 is 8.74. The zero-order valence-corrected chi connectivity index (χ0v) is 4.15. The molecule has 0 aliphatic heterocycles. The average Bonchev–Trinajstić information content (AvgIpc) is 1.62. The second kappa shape index (κ2) is 2.85. The molecular formula is C5H5NO2. The molecule has 0 spiro atoms. The van der Waals surface area contributed by atoms with Crippen LogP contribution in [0.2, 0.25) is 0 Å². The fourth-order valence-electron chi connectivity index (χ4n) is 0.294. The first-order valence-electron chi connectivity index (χ1n) is 2.15. The van der Waals surface area contributed by atoms with Gasteiger partial charge >= 0.3 is 0 Å². The predicted molar refractivity (Wildman–Crippen MR) is 26.4 cm³/mol. The third kappa shape index (κ3) is 1.47. The van der Waals surface area contributed by atoms with Crippen LogP contribution in [0.1, 0.15) is 0 Å². The largest absolute Gasteiger partial charge is 0.297 e. The number of nitrogens with zero attached hydrogens (tertiary/aromatic N) is 1. The molecule has 0 atom stereocenters. The highest BCUT2D eigenvalue weighted by atomic mass is 17.0. The van der Waals surface area contributed by atoms with E-state index in [-0.39, 0.29) is 0 Å². The van der Waals surface area contributed by atoms with Gasteiger partial charge < -0.3 is 0 Å². The van der Waals surface area contributed by atoms with Crippen LogP contribution >= 0.6 is 0 Å². The molecule has 0 radical (unpaired) electrons. The Hall–Kier alpha value is -1.25. The smallest absolute Gasteiger partial charge is 0.232 e. The predicted octanol–water partition coefficient (Wildman–Crippen LogP) is 1.39. The molecule has 0 aliphatic carbocycles. The zero-order valence-electron chi connectivity index (χ0n) is 4.15. The number of hydrogen-bond acceptors (Lipinski definition) is 3. The van der Waals surface area contributed by atoms with Gasteiger partial charge in [-0.2, -0.15) is 0 Å². The van der Waals surface area contributed by atoms with Crippen LogP contribution in [0.4, 0.5) is 0 Å². The lowest BCUT2D eigenvalue weighted by molar-refractivity contribution is 0.0433. The van der Waals surface area contributed by atoms with Gasteiger partial charge in [-0.3, -0.25) is 9.15 Å². The van der Waals surface area contributed by atoms with Crippen LogP contribution in [0.3, 0.4) is 0 Å². The van der Waals surface area contributed by atoms with Crippen LogP contribution in [0.15, 0.2) is 40.1 Å². The summed E-state index contributed by atoms with van der Waals surface area (Å²) in [6.45, 7) is 0. The Morgan fingerprint density at radius 1 is 1.12 bits per heavy atom. The summed E-state index contributed by atoms with van der Waals surface area (Å²) in [6.07, 6.45) is 4.22. The van der Waals surface area contributed by atoms with Gasteiger partial charge in [-0.25, -0.2) is 4.98 Å². The molecule has 1 aromatic rings. The van der Waals surface area contributed by atoms with Crippen molar-refractivity contribution < 1.29 is 9.15 Å². The second-order valence-electron chi connectivity index (χ2n) is 1.12. The van der Waals surface area contributed by atoms with Gasteiger partial charge in [-0.1, -0.05) is 0 Å². The summed E-state index contributed by atoms with van der Waals surface area (Å²) in [6, 6.07) is 3.41. The van der Waals surface area contributed by atoms with E-state index < -0.39 is 0 Å². The summed E-state index contributed by atoms with van der Waals surface area (Å²) in [5, 5.41) is 0. The minimum atomic E-state index is 1.21. The van der Waals surface area contributed by atoms with Crippen LogP contribution in [-0.2, 0) is 0 Å². The SMILES string of the molecule is c1ccoocnc1. The number of hydrogen-bond donors (Lipinski definition) is 0. The van der Waals surface area contributed by atoms with Crippen molar-refractivity contribution in [2.24, 2.45) is 0 Å². The summed E-state index contributed by atoms with van der Waals surface area (Å²) >= 11 is 0. The molecule has 0 saturated carbocycles. The Balaban J connectivity index is 3.00. The monoisotopic (exact) mass is 111 g/mol. The molecule has 0 bridgehead atoms. The second-order valence-corrected chi connectivity index (χ2v) is 1.12. The maximum Gasteiger partial charge on any atom is 0.232 e. The topological polar surface area (TPSA) is 39.2 Å². The molecule has 42 valence electrons. The van der Waals surface area contributed by atoms with Gasteiger partial charge in [0.05, 0.1) is 0 Å². The van der Waals surface area contributed by atoms with E-state index in [4.69, 9.17) is 0 Å². The molecule has 3 nitrogen and oxygen atoms in total. The summed E-state index contributed by atoms with van der Waals surface area (Å²) in [5.41, 5.74) is 0. The maximum absolute atomic E-state index is 4.39. The van der Waals surface area contributed by atoms with E-state index >= 15 is 0 Å². The molecule has 0 aromatic carbocycles. The number of aromatic nitrogens is 1. The molecule has 8 heavy (non-hydrogen) atoms. The summed E-state index contributed by atoms with van der Waals surface area (Å²) in [5.74, 6) is 0. The zero-order chi connectivity index (χ0) is 5.66. The minimum absolute atomic E-state index is 1.21. The van der Waals surface area contributed by atoms with Crippen molar-refractivity contribution in [2.45, 2.75) is 0 Å². The molecule has 0 fully saturated rings. The van der Waals surface area contributed by atoms with Crippen LogP contribution in [0.25, 0.3) is 0 Å². The Labute approximate surface area is 46.2 Å². The highest BCUT2D eigenvalue weighted by Gasteiger charge is 1.60. The summed E-state index contributed by atoms with van der Waals surface area (Å²) in [4.78, 5) is 3.63. The maximum atomic E-state index is 4.39. The van der Waals surface area contributed by atoms with Gasteiger partial charge in [0.2, 0.25) is 6.39 Å². The van der Waals surface area contributed by atoms with E-state index in [0.29, 0.717) is 0 Å². The normalized spacial score (nSPS) is 8.00. The molecule has 3 heteroatoms. The molecule has 0 amide bonds. The van der Waals surface area contributed by atoms with E-state index in [0.717, 1.165) is 0 Å². The van der Waals surface area contributed by atoms with Gasteiger partial charge in [-0.15, -0.1) is 0 Å². The molecular weight excluding hydrogens is 106 g/mol. The van der Waals surface area contributed by atoms with Crippen molar-refractivity contribution in [1.82, 2.24) is 4.98 Å². The quantitative estimate of drug-likeness (QED) is 0.475. The highest BCUT2D eigenvalue weighted by Crippen LogP contribution is 1.75. The van der Waals surface area contributed by atoms with Gasteiger partial charge in [0.25, 0.3) is 0 Å². The fraction of sp³-hybridized carbons (Fsp3) is 0. The van der Waals surface area contributed by atoms with Gasteiger partial charge in [0.15, 0.2) is 0 Å². The standard InChI is InChI=1S/C5H5NO2/c1-2-4-7-8-5-6-3-1/h1-5H. The van der Waals surface area contributed by atoms with Crippen molar-refractivity contribution >= 4 is 0 Å². The van der Waals surface area contributed by atoms with Crippen LogP contribution in [0.5, 0.6) is 0 Å². The Kier molecular flexibility index (Phi) is 1.74. The molecule has 1 rings (SSSR count). The Morgan fingerprint density at radius 2 is 2.12 bits per heavy atom. The molecule has 0 saturated heterocycles. The lowest BCUT2D eigenvalue weighted by Gasteiger charge is -1.71. The minimum Gasteiger partial charge on any atom is -0.297 e. The molecule has 1 aromatic heterocycles. The molecule has 0 unspecified atom stereocenters. The van der Waals surface area contributed by atoms with E-state index in [9.17, 15) is 0 Å². The Bertz CT molecular complexity index is 115.